The first-order chi connectivity index (χ1) is 10.7. The molecule has 9 heteroatoms. The fourth-order valence-corrected chi connectivity index (χ4v) is 2.86. The quantitative estimate of drug-likeness (QED) is 0.366. The molecule has 23 heavy (non-hydrogen) atoms. The van der Waals surface area contributed by atoms with E-state index in [2.05, 4.69) is 0 Å². The van der Waals surface area contributed by atoms with E-state index in [-0.39, 0.29) is 12.8 Å². The number of amides is 3. The molecule has 2 aliphatic rings. The highest BCUT2D eigenvalue weighted by Crippen LogP contribution is 2.37. The summed E-state index contributed by atoms with van der Waals surface area (Å²) in [4.78, 5) is 36.4. The molecule has 0 aromatic heterocycles. The summed E-state index contributed by atoms with van der Waals surface area (Å²) >= 11 is 0. The molecule has 1 unspecified atom stereocenters. The van der Waals surface area contributed by atoms with Crippen molar-refractivity contribution in [2.24, 2.45) is 0 Å². The van der Waals surface area contributed by atoms with Gasteiger partial charge in [0.05, 0.1) is 12.1 Å². The van der Waals surface area contributed by atoms with Gasteiger partial charge in [0.1, 0.15) is 5.54 Å². The number of rotatable bonds is 1. The van der Waals surface area contributed by atoms with E-state index >= 15 is 0 Å². The fraction of sp³-hybridized carbons (Fsp3) is 0.357. The summed E-state index contributed by atoms with van der Waals surface area (Å²) in [6.07, 6.45) is -0.137. The van der Waals surface area contributed by atoms with Gasteiger partial charge in [-0.15, -0.1) is 0 Å². The Morgan fingerprint density at radius 3 is 2.22 bits per heavy atom. The lowest BCUT2D eigenvalue weighted by molar-refractivity contribution is -0.142. The maximum Gasteiger partial charge on any atom is 0.258 e. The largest absolute Gasteiger partial charge is 0.320 e. The van der Waals surface area contributed by atoms with E-state index < -0.39 is 64.2 Å². The van der Waals surface area contributed by atoms with Crippen molar-refractivity contribution >= 4 is 17.7 Å². The molecule has 3 amide bonds. The zero-order valence-electron chi connectivity index (χ0n) is 11.8. The van der Waals surface area contributed by atoms with Crippen LogP contribution in [0.3, 0.4) is 0 Å². The van der Waals surface area contributed by atoms with E-state index in [9.17, 15) is 31.9 Å². The third-order valence-electron chi connectivity index (χ3n) is 4.32. The maximum atomic E-state index is 13.8. The molecule has 1 N–H and O–H groups in total. The molecule has 1 atom stereocenters. The number of carbonyl (C=O) groups is 3. The molecule has 2 heterocycles. The van der Waals surface area contributed by atoms with Crippen LogP contribution in [0.1, 0.15) is 35.7 Å². The molecule has 5 nitrogen and oxygen atoms in total. The van der Waals surface area contributed by atoms with Crippen LogP contribution in [0.15, 0.2) is 0 Å². The van der Waals surface area contributed by atoms with Gasteiger partial charge in [0.25, 0.3) is 11.8 Å². The maximum absolute atomic E-state index is 13.8. The predicted molar refractivity (Wildman–Crippen MR) is 66.9 cm³/mol. The van der Waals surface area contributed by atoms with Gasteiger partial charge in [0, 0.05) is 12.0 Å². The number of benzene rings is 1. The van der Waals surface area contributed by atoms with E-state index in [1.54, 1.807) is 0 Å². The highest BCUT2D eigenvalue weighted by Gasteiger charge is 2.50. The van der Waals surface area contributed by atoms with Crippen LogP contribution >= 0.6 is 0 Å². The van der Waals surface area contributed by atoms with E-state index in [1.165, 1.54) is 6.92 Å². The first kappa shape index (κ1) is 15.4. The summed E-state index contributed by atoms with van der Waals surface area (Å²) in [7, 11) is 0. The lowest BCUT2D eigenvalue weighted by atomic mass is 9.89. The molecule has 3 rings (SSSR count). The average molecular weight is 330 g/mol. The number of carbonyl (C=O) groups excluding carboxylic acids is 3. The van der Waals surface area contributed by atoms with E-state index in [4.69, 9.17) is 0 Å². The van der Waals surface area contributed by atoms with Crippen LogP contribution < -0.4 is 5.32 Å². The molecule has 0 spiro atoms. The van der Waals surface area contributed by atoms with Crippen LogP contribution in [-0.2, 0) is 16.1 Å². The Labute approximate surface area is 127 Å². The van der Waals surface area contributed by atoms with Gasteiger partial charge in [-0.3, -0.25) is 19.7 Å². The second-order valence-corrected chi connectivity index (χ2v) is 5.65. The van der Waals surface area contributed by atoms with Crippen LogP contribution in [0.5, 0.6) is 0 Å². The van der Waals surface area contributed by atoms with Crippen molar-refractivity contribution in [3.8, 4) is 0 Å². The van der Waals surface area contributed by atoms with Gasteiger partial charge in [0.15, 0.2) is 23.3 Å². The Morgan fingerprint density at radius 2 is 1.61 bits per heavy atom. The van der Waals surface area contributed by atoms with Crippen molar-refractivity contribution in [1.82, 2.24) is 10.2 Å². The molecule has 0 bridgehead atoms. The van der Waals surface area contributed by atoms with Crippen molar-refractivity contribution in [1.29, 1.82) is 0 Å². The fourth-order valence-electron chi connectivity index (χ4n) is 2.86. The van der Waals surface area contributed by atoms with Crippen LogP contribution in [0, 0.1) is 23.3 Å². The molecule has 1 fully saturated rings. The van der Waals surface area contributed by atoms with Gasteiger partial charge in [0.2, 0.25) is 5.91 Å². The number of piperidine rings is 1. The third kappa shape index (κ3) is 1.95. The molecular formula is C14H10F4N2O3. The molecular weight excluding hydrogens is 320 g/mol. The summed E-state index contributed by atoms with van der Waals surface area (Å²) in [5.74, 6) is -10.0. The van der Waals surface area contributed by atoms with Crippen LogP contribution in [0.4, 0.5) is 17.6 Å². The van der Waals surface area contributed by atoms with Crippen molar-refractivity contribution < 1.29 is 31.9 Å². The van der Waals surface area contributed by atoms with Crippen LogP contribution in [0.2, 0.25) is 0 Å². The summed E-state index contributed by atoms with van der Waals surface area (Å²) in [6.45, 7) is 0.729. The number of nitrogens with zero attached hydrogens (tertiary/aromatic N) is 1. The average Bonchev–Trinajstić information content (AvgIpc) is 2.85. The Hall–Kier alpha value is -2.45. The monoisotopic (exact) mass is 330 g/mol. The van der Waals surface area contributed by atoms with Gasteiger partial charge in [-0.2, -0.15) is 0 Å². The topological polar surface area (TPSA) is 66.5 Å². The minimum atomic E-state index is -2.08. The summed E-state index contributed by atoms with van der Waals surface area (Å²) in [6, 6.07) is 0. The smallest absolute Gasteiger partial charge is 0.258 e. The lowest BCUT2D eigenvalue weighted by Crippen LogP contribution is -2.61. The SMILES string of the molecule is CC1(N2Cc3c(F)c(F)c(F)c(F)c3C2=O)CCC(=O)NC1=O. The summed E-state index contributed by atoms with van der Waals surface area (Å²) in [5.41, 5.74) is -3.11. The number of halogens is 4. The van der Waals surface area contributed by atoms with Crippen molar-refractivity contribution in [3.05, 3.63) is 34.4 Å². The number of hydrogen-bond donors (Lipinski definition) is 1. The first-order valence-corrected chi connectivity index (χ1v) is 6.69. The Kier molecular flexibility index (Phi) is 3.20. The highest BCUT2D eigenvalue weighted by molar-refractivity contribution is 6.07. The molecule has 0 aliphatic carbocycles. The predicted octanol–water partition coefficient (Wildman–Crippen LogP) is 1.39. The molecule has 0 saturated carbocycles. The minimum Gasteiger partial charge on any atom is -0.320 e. The molecule has 2 aliphatic heterocycles. The van der Waals surface area contributed by atoms with E-state index in [0.717, 1.165) is 4.90 Å². The Balaban J connectivity index is 2.08. The van der Waals surface area contributed by atoms with Crippen LogP contribution in [0.25, 0.3) is 0 Å². The van der Waals surface area contributed by atoms with Gasteiger partial charge < -0.3 is 4.90 Å². The number of nitrogens with one attached hydrogen (secondary N) is 1. The Morgan fingerprint density at radius 1 is 1.00 bits per heavy atom. The molecule has 1 saturated heterocycles. The molecule has 0 radical (unpaired) electrons. The molecule has 1 aromatic carbocycles. The standard InChI is InChI=1S/C14H10F4N2O3/c1-14(3-2-6(21)19-13(14)23)20-4-5-7(12(20)22)9(16)11(18)10(17)8(5)15/h2-4H2,1H3,(H,19,21,23). The first-order valence-electron chi connectivity index (χ1n) is 6.69. The molecule has 1 aromatic rings. The molecule has 122 valence electrons. The van der Waals surface area contributed by atoms with Crippen molar-refractivity contribution in [3.63, 3.8) is 0 Å². The van der Waals surface area contributed by atoms with Gasteiger partial charge in [-0.1, -0.05) is 0 Å². The highest BCUT2D eigenvalue weighted by atomic mass is 19.2. The number of imide groups is 1. The third-order valence-corrected chi connectivity index (χ3v) is 4.32. The van der Waals surface area contributed by atoms with Crippen molar-refractivity contribution in [2.75, 3.05) is 0 Å². The number of fused-ring (bicyclic) bond motifs is 1. The van der Waals surface area contributed by atoms with Gasteiger partial charge in [-0.05, 0) is 13.3 Å². The summed E-state index contributed by atoms with van der Waals surface area (Å²) in [5, 5.41) is 2.04. The van der Waals surface area contributed by atoms with E-state index in [0.29, 0.717) is 0 Å². The number of hydrogen-bond acceptors (Lipinski definition) is 3. The lowest BCUT2D eigenvalue weighted by Gasteiger charge is -2.39. The van der Waals surface area contributed by atoms with Crippen LogP contribution in [-0.4, -0.2) is 28.2 Å². The van der Waals surface area contributed by atoms with E-state index in [1.807, 2.05) is 5.32 Å². The normalized spacial score (nSPS) is 24.0. The zero-order valence-corrected chi connectivity index (χ0v) is 11.8. The van der Waals surface area contributed by atoms with Gasteiger partial charge >= 0.3 is 0 Å². The second-order valence-electron chi connectivity index (χ2n) is 5.65. The second kappa shape index (κ2) is 4.77. The Bertz CT molecular complexity index is 780. The minimum absolute atomic E-state index is 0.0639. The van der Waals surface area contributed by atoms with Crippen molar-refractivity contribution in [2.45, 2.75) is 31.8 Å². The zero-order chi connectivity index (χ0) is 17.1. The summed E-state index contributed by atoms with van der Waals surface area (Å²) < 4.78 is 54.3. The van der Waals surface area contributed by atoms with Gasteiger partial charge in [-0.25, -0.2) is 17.6 Å².